The highest BCUT2D eigenvalue weighted by Crippen LogP contribution is 2.23. The molecule has 0 saturated carbocycles. The SMILES string of the molecule is CCc1nc(=O)n(-c2cccc(COCc3ccccc3)c2)c2cc(Cl)ccc12. The quantitative estimate of drug-likeness (QED) is 0.437. The van der Waals surface area contributed by atoms with Crippen LogP contribution in [-0.4, -0.2) is 9.55 Å². The molecule has 0 unspecified atom stereocenters. The lowest BCUT2D eigenvalue weighted by Crippen LogP contribution is -2.23. The van der Waals surface area contributed by atoms with Crippen molar-refractivity contribution in [2.75, 3.05) is 0 Å². The lowest BCUT2D eigenvalue weighted by Gasteiger charge is -2.13. The van der Waals surface area contributed by atoms with E-state index < -0.39 is 0 Å². The van der Waals surface area contributed by atoms with Crippen molar-refractivity contribution in [3.8, 4) is 5.69 Å². The molecule has 3 aromatic carbocycles. The zero-order chi connectivity index (χ0) is 20.2. The van der Waals surface area contributed by atoms with Crippen LogP contribution in [0.25, 0.3) is 16.6 Å². The van der Waals surface area contributed by atoms with E-state index in [1.54, 1.807) is 4.57 Å². The number of benzene rings is 3. The summed E-state index contributed by atoms with van der Waals surface area (Å²) in [5.74, 6) is 0. The van der Waals surface area contributed by atoms with Gasteiger partial charge in [-0.2, -0.15) is 4.98 Å². The summed E-state index contributed by atoms with van der Waals surface area (Å²) in [6.45, 7) is 2.98. The van der Waals surface area contributed by atoms with Gasteiger partial charge in [0.25, 0.3) is 0 Å². The Morgan fingerprint density at radius 3 is 2.48 bits per heavy atom. The minimum Gasteiger partial charge on any atom is -0.372 e. The van der Waals surface area contributed by atoms with Crippen LogP contribution in [-0.2, 0) is 24.4 Å². The molecule has 0 N–H and O–H groups in total. The number of fused-ring (bicyclic) bond motifs is 1. The first-order valence-corrected chi connectivity index (χ1v) is 9.95. The Labute approximate surface area is 174 Å². The molecule has 0 spiro atoms. The molecule has 0 amide bonds. The van der Waals surface area contributed by atoms with Crippen LogP contribution in [0.15, 0.2) is 77.6 Å². The standard InChI is InChI=1S/C24H21ClN2O2/c1-2-22-21-12-11-19(25)14-23(21)27(24(28)26-22)20-10-6-9-18(13-20)16-29-15-17-7-4-3-5-8-17/h3-14H,2,15-16H2,1H3. The smallest absolute Gasteiger partial charge is 0.352 e. The van der Waals surface area contributed by atoms with Crippen LogP contribution in [0.5, 0.6) is 0 Å². The molecule has 4 nitrogen and oxygen atoms in total. The van der Waals surface area contributed by atoms with Crippen LogP contribution in [0.2, 0.25) is 5.02 Å². The molecule has 1 aromatic heterocycles. The molecule has 0 aliphatic heterocycles. The van der Waals surface area contributed by atoms with Gasteiger partial charge in [0.15, 0.2) is 0 Å². The molecule has 0 atom stereocenters. The Balaban J connectivity index is 1.68. The van der Waals surface area contributed by atoms with Crippen LogP contribution in [0.3, 0.4) is 0 Å². The maximum Gasteiger partial charge on any atom is 0.352 e. The summed E-state index contributed by atoms with van der Waals surface area (Å²) < 4.78 is 7.46. The highest BCUT2D eigenvalue weighted by molar-refractivity contribution is 6.31. The Morgan fingerprint density at radius 2 is 1.69 bits per heavy atom. The second kappa shape index (κ2) is 8.60. The van der Waals surface area contributed by atoms with Crippen molar-refractivity contribution >= 4 is 22.5 Å². The third-order valence-corrected chi connectivity index (χ3v) is 5.05. The molecular formula is C24H21ClN2O2. The Bertz CT molecular complexity index is 1200. The average Bonchev–Trinajstić information content (AvgIpc) is 2.74. The number of aryl methyl sites for hydroxylation is 1. The Hall–Kier alpha value is -2.95. The maximum atomic E-state index is 12.8. The van der Waals surface area contributed by atoms with E-state index in [0.29, 0.717) is 24.7 Å². The van der Waals surface area contributed by atoms with Crippen molar-refractivity contribution in [3.63, 3.8) is 0 Å². The molecule has 29 heavy (non-hydrogen) atoms. The van der Waals surface area contributed by atoms with Gasteiger partial charge in [0.05, 0.1) is 30.1 Å². The minimum absolute atomic E-state index is 0.307. The lowest BCUT2D eigenvalue weighted by molar-refractivity contribution is 0.107. The lowest BCUT2D eigenvalue weighted by atomic mass is 10.1. The number of rotatable bonds is 6. The Kier molecular flexibility index (Phi) is 5.74. The molecular weight excluding hydrogens is 384 g/mol. The highest BCUT2D eigenvalue weighted by Gasteiger charge is 2.12. The van der Waals surface area contributed by atoms with E-state index >= 15 is 0 Å². The molecule has 4 rings (SSSR count). The van der Waals surface area contributed by atoms with Gasteiger partial charge in [-0.1, -0.05) is 61.0 Å². The topological polar surface area (TPSA) is 44.1 Å². The van der Waals surface area contributed by atoms with Crippen LogP contribution in [0.4, 0.5) is 0 Å². The van der Waals surface area contributed by atoms with Gasteiger partial charge in [-0.05, 0) is 47.9 Å². The number of halogens is 1. The summed E-state index contributed by atoms with van der Waals surface area (Å²) >= 11 is 6.23. The first-order valence-electron chi connectivity index (χ1n) is 9.58. The van der Waals surface area contributed by atoms with Gasteiger partial charge in [0, 0.05) is 10.4 Å². The largest absolute Gasteiger partial charge is 0.372 e. The van der Waals surface area contributed by atoms with E-state index in [1.807, 2.05) is 79.7 Å². The number of hydrogen-bond acceptors (Lipinski definition) is 3. The maximum absolute atomic E-state index is 12.8. The molecule has 5 heteroatoms. The zero-order valence-corrected chi connectivity index (χ0v) is 16.9. The molecule has 146 valence electrons. The third-order valence-electron chi connectivity index (χ3n) is 4.82. The fourth-order valence-corrected chi connectivity index (χ4v) is 3.59. The monoisotopic (exact) mass is 404 g/mol. The first kappa shape index (κ1) is 19.4. The summed E-state index contributed by atoms with van der Waals surface area (Å²) in [5.41, 5.74) is 4.09. The first-order chi connectivity index (χ1) is 14.2. The summed E-state index contributed by atoms with van der Waals surface area (Å²) in [6.07, 6.45) is 0.682. The molecule has 0 aliphatic carbocycles. The summed E-state index contributed by atoms with van der Waals surface area (Å²) in [4.78, 5) is 17.1. The summed E-state index contributed by atoms with van der Waals surface area (Å²) in [5, 5.41) is 1.52. The van der Waals surface area contributed by atoms with Gasteiger partial charge < -0.3 is 4.74 Å². The molecule has 0 fully saturated rings. The van der Waals surface area contributed by atoms with Gasteiger partial charge in [-0.3, -0.25) is 4.57 Å². The highest BCUT2D eigenvalue weighted by atomic mass is 35.5. The fraction of sp³-hybridized carbons (Fsp3) is 0.167. The fourth-order valence-electron chi connectivity index (χ4n) is 3.43. The average molecular weight is 405 g/mol. The van der Waals surface area contributed by atoms with Crippen molar-refractivity contribution in [3.05, 3.63) is 105 Å². The van der Waals surface area contributed by atoms with Gasteiger partial charge in [0.2, 0.25) is 0 Å². The van der Waals surface area contributed by atoms with Crippen molar-refractivity contribution in [2.45, 2.75) is 26.6 Å². The normalized spacial score (nSPS) is 11.1. The second-order valence-corrected chi connectivity index (χ2v) is 7.28. The van der Waals surface area contributed by atoms with Crippen molar-refractivity contribution in [1.29, 1.82) is 0 Å². The van der Waals surface area contributed by atoms with Gasteiger partial charge >= 0.3 is 5.69 Å². The molecule has 1 heterocycles. The molecule has 4 aromatic rings. The predicted molar refractivity (Wildman–Crippen MR) is 117 cm³/mol. The molecule has 0 bridgehead atoms. The van der Waals surface area contributed by atoms with Crippen LogP contribution in [0.1, 0.15) is 23.7 Å². The Morgan fingerprint density at radius 1 is 0.931 bits per heavy atom. The number of aromatic nitrogens is 2. The molecule has 0 aliphatic rings. The molecule has 0 radical (unpaired) electrons. The van der Waals surface area contributed by atoms with Crippen molar-refractivity contribution < 1.29 is 4.74 Å². The van der Waals surface area contributed by atoms with Crippen molar-refractivity contribution in [2.24, 2.45) is 0 Å². The van der Waals surface area contributed by atoms with E-state index in [-0.39, 0.29) is 5.69 Å². The van der Waals surface area contributed by atoms with Gasteiger partial charge in [-0.25, -0.2) is 4.79 Å². The van der Waals surface area contributed by atoms with E-state index in [4.69, 9.17) is 16.3 Å². The van der Waals surface area contributed by atoms with Crippen LogP contribution in [0, 0.1) is 0 Å². The zero-order valence-electron chi connectivity index (χ0n) is 16.1. The van der Waals surface area contributed by atoms with E-state index in [0.717, 1.165) is 33.4 Å². The third kappa shape index (κ3) is 4.24. The second-order valence-electron chi connectivity index (χ2n) is 6.84. The number of nitrogens with zero attached hydrogens (tertiary/aromatic N) is 2. The van der Waals surface area contributed by atoms with Crippen LogP contribution >= 0.6 is 11.6 Å². The van der Waals surface area contributed by atoms with Crippen LogP contribution < -0.4 is 5.69 Å². The van der Waals surface area contributed by atoms with E-state index in [2.05, 4.69) is 4.98 Å². The molecule has 0 saturated heterocycles. The summed E-state index contributed by atoms with van der Waals surface area (Å²) in [6, 6.07) is 23.4. The summed E-state index contributed by atoms with van der Waals surface area (Å²) in [7, 11) is 0. The van der Waals surface area contributed by atoms with Gasteiger partial charge in [-0.15, -0.1) is 0 Å². The van der Waals surface area contributed by atoms with E-state index in [1.165, 1.54) is 0 Å². The van der Waals surface area contributed by atoms with Gasteiger partial charge in [0.1, 0.15) is 0 Å². The minimum atomic E-state index is -0.307. The van der Waals surface area contributed by atoms with E-state index in [9.17, 15) is 4.79 Å². The predicted octanol–water partition coefficient (Wildman–Crippen LogP) is 5.32. The number of ether oxygens (including phenoxy) is 1. The number of hydrogen-bond donors (Lipinski definition) is 0. The van der Waals surface area contributed by atoms with Crippen molar-refractivity contribution in [1.82, 2.24) is 9.55 Å².